The molecule has 36 heavy (non-hydrogen) atoms. The molecule has 0 spiro atoms. The standard InChI is InChI=1S/C24H28BrFN6O4/c1-24(2,35)20(26)13-32-12-14-7-18(19(8-16(14)23(32)34)31-3-5-36-6-4-31)30-22(33)17(9-27)21-28-10-15(25)11-29-21/h7-11,20,27-28,35H,3-6,12-13H2,1-2H3,(H,30,33)/b21-17-,27-9?/t20-/m1/s1. The summed E-state index contributed by atoms with van der Waals surface area (Å²) in [6.45, 7) is 4.75. The molecular weight excluding hydrogens is 535 g/mol. The van der Waals surface area contributed by atoms with Gasteiger partial charge in [-0.2, -0.15) is 0 Å². The number of rotatable bonds is 7. The summed E-state index contributed by atoms with van der Waals surface area (Å²) < 4.78 is 20.7. The molecule has 2 amide bonds. The van der Waals surface area contributed by atoms with Gasteiger partial charge >= 0.3 is 0 Å². The number of anilines is 2. The molecule has 1 aromatic carbocycles. The van der Waals surface area contributed by atoms with E-state index in [1.165, 1.54) is 25.0 Å². The Morgan fingerprint density at radius 1 is 1.42 bits per heavy atom. The lowest BCUT2D eigenvalue weighted by Crippen LogP contribution is -2.42. The SMILES string of the molecule is CC(C)(O)[C@H](F)CN1Cc2cc(NC(=O)/C(C=N)=C3\N=CC(Br)=CN3)c(N3CCOCC3)cc2C1=O. The van der Waals surface area contributed by atoms with Crippen LogP contribution in [0.3, 0.4) is 0 Å². The lowest BCUT2D eigenvalue weighted by atomic mass is 10.0. The molecule has 4 N–H and O–H groups in total. The molecule has 3 aliphatic heterocycles. The third-order valence-corrected chi connectivity index (χ3v) is 6.59. The molecule has 0 saturated carbocycles. The Labute approximate surface area is 216 Å². The molecule has 0 aliphatic carbocycles. The highest BCUT2D eigenvalue weighted by Crippen LogP contribution is 2.35. The van der Waals surface area contributed by atoms with Crippen molar-refractivity contribution >= 4 is 51.5 Å². The minimum absolute atomic E-state index is 0.0269. The average Bonchev–Trinajstić information content (AvgIpc) is 3.14. The first kappa shape index (κ1) is 26.0. The Morgan fingerprint density at radius 3 is 2.75 bits per heavy atom. The molecule has 192 valence electrons. The van der Waals surface area contributed by atoms with E-state index in [9.17, 15) is 19.1 Å². The van der Waals surface area contributed by atoms with Crippen molar-refractivity contribution in [3.63, 3.8) is 0 Å². The van der Waals surface area contributed by atoms with E-state index in [2.05, 4.69) is 31.6 Å². The van der Waals surface area contributed by atoms with Crippen LogP contribution in [0.5, 0.6) is 0 Å². The summed E-state index contributed by atoms with van der Waals surface area (Å²) in [6.07, 6.45) is 2.43. The summed E-state index contributed by atoms with van der Waals surface area (Å²) in [4.78, 5) is 33.8. The molecule has 4 rings (SSSR count). The number of benzene rings is 1. The molecule has 3 heterocycles. The maximum Gasteiger partial charge on any atom is 0.261 e. The van der Waals surface area contributed by atoms with Crippen LogP contribution in [-0.2, 0) is 16.1 Å². The predicted octanol–water partition coefficient (Wildman–Crippen LogP) is 2.30. The second-order valence-electron chi connectivity index (χ2n) is 9.23. The van der Waals surface area contributed by atoms with Crippen molar-refractivity contribution in [3.05, 3.63) is 45.3 Å². The Hall–Kier alpha value is -3.09. The van der Waals surface area contributed by atoms with Gasteiger partial charge < -0.3 is 35.7 Å². The average molecular weight is 563 g/mol. The second-order valence-corrected chi connectivity index (χ2v) is 10.1. The van der Waals surface area contributed by atoms with Gasteiger partial charge in [0.1, 0.15) is 12.0 Å². The highest BCUT2D eigenvalue weighted by molar-refractivity contribution is 9.12. The summed E-state index contributed by atoms with van der Waals surface area (Å²) in [6, 6.07) is 3.43. The van der Waals surface area contributed by atoms with E-state index in [1.54, 1.807) is 18.3 Å². The smallest absolute Gasteiger partial charge is 0.261 e. The van der Waals surface area contributed by atoms with Crippen molar-refractivity contribution in [1.29, 1.82) is 5.41 Å². The first-order chi connectivity index (χ1) is 17.1. The molecule has 10 nitrogen and oxygen atoms in total. The molecule has 1 aromatic rings. The Kier molecular flexibility index (Phi) is 7.57. The van der Waals surface area contributed by atoms with Crippen LogP contribution in [0.2, 0.25) is 0 Å². The topological polar surface area (TPSA) is 130 Å². The third kappa shape index (κ3) is 5.50. The van der Waals surface area contributed by atoms with Crippen LogP contribution in [0.25, 0.3) is 0 Å². The minimum Gasteiger partial charge on any atom is -0.387 e. The van der Waals surface area contributed by atoms with Gasteiger partial charge in [0.2, 0.25) is 0 Å². The van der Waals surface area contributed by atoms with Crippen LogP contribution >= 0.6 is 15.9 Å². The number of aliphatic hydroxyl groups is 1. The van der Waals surface area contributed by atoms with Crippen LogP contribution in [-0.4, -0.2) is 78.9 Å². The quantitative estimate of drug-likeness (QED) is 0.298. The van der Waals surface area contributed by atoms with E-state index in [4.69, 9.17) is 10.1 Å². The number of morpholine rings is 1. The highest BCUT2D eigenvalue weighted by Gasteiger charge is 2.35. The number of nitrogens with one attached hydrogen (secondary N) is 3. The van der Waals surface area contributed by atoms with Gasteiger partial charge in [0.25, 0.3) is 11.8 Å². The van der Waals surface area contributed by atoms with Gasteiger partial charge in [-0.1, -0.05) is 0 Å². The minimum atomic E-state index is -1.62. The fraction of sp³-hybridized carbons (Fsp3) is 0.417. The van der Waals surface area contributed by atoms with Crippen molar-refractivity contribution < 1.29 is 23.8 Å². The van der Waals surface area contributed by atoms with E-state index in [0.717, 1.165) is 6.21 Å². The fourth-order valence-electron chi connectivity index (χ4n) is 4.06. The number of aliphatic imine (C=N–C) groups is 1. The fourth-order valence-corrected chi connectivity index (χ4v) is 4.27. The zero-order valence-electron chi connectivity index (χ0n) is 20.0. The molecule has 0 bridgehead atoms. The van der Waals surface area contributed by atoms with E-state index >= 15 is 0 Å². The Balaban J connectivity index is 1.66. The maximum atomic E-state index is 14.5. The predicted molar refractivity (Wildman–Crippen MR) is 138 cm³/mol. The van der Waals surface area contributed by atoms with Crippen molar-refractivity contribution in [2.45, 2.75) is 32.2 Å². The zero-order valence-corrected chi connectivity index (χ0v) is 21.6. The van der Waals surface area contributed by atoms with Gasteiger partial charge in [0.05, 0.1) is 46.8 Å². The number of fused-ring (bicyclic) bond motifs is 1. The maximum absolute atomic E-state index is 14.5. The second kappa shape index (κ2) is 10.5. The highest BCUT2D eigenvalue weighted by atomic mass is 79.9. The largest absolute Gasteiger partial charge is 0.387 e. The number of hydrogen-bond acceptors (Lipinski definition) is 8. The molecule has 12 heteroatoms. The van der Waals surface area contributed by atoms with Gasteiger partial charge in [-0.15, -0.1) is 0 Å². The molecule has 3 aliphatic rings. The molecule has 0 aromatic heterocycles. The summed E-state index contributed by atoms with van der Waals surface area (Å²) in [5.41, 5.74) is 0.614. The number of carbonyl (C=O) groups is 2. The molecule has 1 fully saturated rings. The lowest BCUT2D eigenvalue weighted by molar-refractivity contribution is -0.112. The number of alkyl halides is 1. The number of hydrogen-bond donors (Lipinski definition) is 4. The number of ether oxygens (including phenoxy) is 1. The van der Waals surface area contributed by atoms with Crippen molar-refractivity contribution in [1.82, 2.24) is 10.2 Å². The van der Waals surface area contributed by atoms with E-state index < -0.39 is 17.7 Å². The molecule has 0 unspecified atom stereocenters. The normalized spacial score (nSPS) is 19.9. The first-order valence-electron chi connectivity index (χ1n) is 11.5. The Morgan fingerprint density at radius 2 is 2.14 bits per heavy atom. The van der Waals surface area contributed by atoms with Gasteiger partial charge in [0, 0.05) is 43.8 Å². The van der Waals surface area contributed by atoms with Crippen LogP contribution < -0.4 is 15.5 Å². The zero-order chi connectivity index (χ0) is 26.0. The first-order valence-corrected chi connectivity index (χ1v) is 12.3. The molecular formula is C24H28BrFN6O4. The van der Waals surface area contributed by atoms with Crippen LogP contribution in [0.4, 0.5) is 15.8 Å². The third-order valence-electron chi connectivity index (χ3n) is 6.16. The van der Waals surface area contributed by atoms with Crippen LogP contribution in [0.15, 0.2) is 39.2 Å². The number of amides is 2. The lowest BCUT2D eigenvalue weighted by Gasteiger charge is -2.31. The van der Waals surface area contributed by atoms with Crippen molar-refractivity contribution in [2.75, 3.05) is 43.1 Å². The van der Waals surface area contributed by atoms with Gasteiger partial charge in [0.15, 0.2) is 0 Å². The van der Waals surface area contributed by atoms with E-state index in [1.807, 2.05) is 4.90 Å². The van der Waals surface area contributed by atoms with Gasteiger partial charge in [-0.3, -0.25) is 9.59 Å². The summed E-state index contributed by atoms with van der Waals surface area (Å²) in [5.74, 6) is -0.649. The summed E-state index contributed by atoms with van der Waals surface area (Å²) in [5, 5.41) is 23.5. The summed E-state index contributed by atoms with van der Waals surface area (Å²) in [7, 11) is 0. The van der Waals surface area contributed by atoms with E-state index in [-0.39, 0.29) is 30.4 Å². The summed E-state index contributed by atoms with van der Waals surface area (Å²) >= 11 is 3.28. The number of allylic oxidation sites excluding steroid dienone is 1. The van der Waals surface area contributed by atoms with Crippen molar-refractivity contribution in [2.24, 2.45) is 4.99 Å². The van der Waals surface area contributed by atoms with Crippen LogP contribution in [0.1, 0.15) is 29.8 Å². The van der Waals surface area contributed by atoms with Crippen molar-refractivity contribution in [3.8, 4) is 0 Å². The molecule has 0 radical (unpaired) electrons. The molecule has 1 saturated heterocycles. The number of halogens is 2. The van der Waals surface area contributed by atoms with Gasteiger partial charge in [-0.25, -0.2) is 9.38 Å². The van der Waals surface area contributed by atoms with Crippen LogP contribution in [0, 0.1) is 5.41 Å². The molecule has 1 atom stereocenters. The van der Waals surface area contributed by atoms with E-state index in [0.29, 0.717) is 53.3 Å². The monoisotopic (exact) mass is 562 g/mol. The van der Waals surface area contributed by atoms with Gasteiger partial charge in [-0.05, 0) is 47.5 Å². The number of nitrogens with zero attached hydrogens (tertiary/aromatic N) is 3. The number of carbonyl (C=O) groups excluding carboxylic acids is 2. The Bertz CT molecular complexity index is 1170.